The first-order valence-corrected chi connectivity index (χ1v) is 9.91. The third kappa shape index (κ3) is 7.70. The highest BCUT2D eigenvalue weighted by molar-refractivity contribution is 5.80. The molecule has 152 valence electrons. The average molecular weight is 377 g/mol. The number of aliphatic imine (C=N–C) groups is 1. The molecule has 2 rings (SSSR count). The van der Waals surface area contributed by atoms with Crippen LogP contribution in [-0.2, 0) is 0 Å². The zero-order chi connectivity index (χ0) is 19.0. The van der Waals surface area contributed by atoms with Gasteiger partial charge in [0.25, 0.3) is 0 Å². The lowest BCUT2D eigenvalue weighted by Crippen LogP contribution is -2.45. The number of rotatable bonds is 8. The van der Waals surface area contributed by atoms with E-state index in [1.54, 1.807) is 0 Å². The Morgan fingerprint density at radius 1 is 1.23 bits per heavy atom. The van der Waals surface area contributed by atoms with E-state index in [1.807, 2.05) is 6.92 Å². The summed E-state index contributed by atoms with van der Waals surface area (Å²) >= 11 is 0. The van der Waals surface area contributed by atoms with E-state index in [0.717, 1.165) is 38.1 Å². The number of likely N-dealkylation sites (tertiary alicyclic amines) is 1. The number of hydrogen-bond donors (Lipinski definition) is 2. The van der Waals surface area contributed by atoms with Gasteiger partial charge in [0.1, 0.15) is 0 Å². The molecular formula is C18H34F3N5. The third-order valence-electron chi connectivity index (χ3n) is 5.16. The molecule has 0 aromatic carbocycles. The average Bonchev–Trinajstić information content (AvgIpc) is 3.21. The standard InChI is InChI=1S/C18H34F3N5/c1-3-22-17(23-10-6-11-25(2)14-18(19,20)21)24-15-9-12-26(13-15)16-7-4-5-8-16/h15-16H,3-14H2,1-2H3,(H2,22,23,24). The van der Waals surface area contributed by atoms with E-state index >= 15 is 0 Å². The van der Waals surface area contributed by atoms with Crippen LogP contribution in [0.25, 0.3) is 0 Å². The van der Waals surface area contributed by atoms with Crippen molar-refractivity contribution in [3.05, 3.63) is 0 Å². The van der Waals surface area contributed by atoms with Gasteiger partial charge in [0, 0.05) is 38.3 Å². The van der Waals surface area contributed by atoms with Gasteiger partial charge in [-0.3, -0.25) is 14.8 Å². The van der Waals surface area contributed by atoms with E-state index in [4.69, 9.17) is 0 Å². The molecule has 0 aromatic heterocycles. The van der Waals surface area contributed by atoms with E-state index in [2.05, 4.69) is 20.5 Å². The molecule has 0 aromatic rings. The molecule has 0 spiro atoms. The summed E-state index contributed by atoms with van der Waals surface area (Å²) in [6, 6.07) is 1.16. The Kier molecular flexibility index (Phi) is 8.47. The summed E-state index contributed by atoms with van der Waals surface area (Å²) in [6.07, 6.45) is 2.95. The molecule has 26 heavy (non-hydrogen) atoms. The van der Waals surface area contributed by atoms with Crippen LogP contribution in [0.15, 0.2) is 4.99 Å². The quantitative estimate of drug-likeness (QED) is 0.387. The van der Waals surface area contributed by atoms with Crippen LogP contribution >= 0.6 is 0 Å². The fraction of sp³-hybridized carbons (Fsp3) is 0.944. The summed E-state index contributed by atoms with van der Waals surface area (Å²) < 4.78 is 37.0. The molecule has 8 heteroatoms. The van der Waals surface area contributed by atoms with Gasteiger partial charge in [-0.15, -0.1) is 0 Å². The summed E-state index contributed by atoms with van der Waals surface area (Å²) in [7, 11) is 1.50. The van der Waals surface area contributed by atoms with Gasteiger partial charge < -0.3 is 10.6 Å². The maximum Gasteiger partial charge on any atom is 0.401 e. The fourth-order valence-electron chi connectivity index (χ4n) is 3.94. The molecule has 0 amide bonds. The highest BCUT2D eigenvalue weighted by atomic mass is 19.4. The van der Waals surface area contributed by atoms with Crippen LogP contribution in [0.3, 0.4) is 0 Å². The second-order valence-corrected chi connectivity index (χ2v) is 7.53. The van der Waals surface area contributed by atoms with Gasteiger partial charge in [-0.1, -0.05) is 12.8 Å². The SMILES string of the molecule is CCNC(=NCCCN(C)CC(F)(F)F)NC1CCN(C2CCCC2)C1. The number of hydrogen-bond acceptors (Lipinski definition) is 3. The highest BCUT2D eigenvalue weighted by Gasteiger charge is 2.30. The largest absolute Gasteiger partial charge is 0.401 e. The minimum absolute atomic E-state index is 0.390. The van der Waals surface area contributed by atoms with Crippen molar-refractivity contribution in [2.75, 3.05) is 46.3 Å². The summed E-state index contributed by atoms with van der Waals surface area (Å²) in [4.78, 5) is 8.43. The minimum atomic E-state index is -4.14. The molecule has 0 radical (unpaired) electrons. The predicted molar refractivity (Wildman–Crippen MR) is 99.5 cm³/mol. The van der Waals surface area contributed by atoms with Crippen LogP contribution in [0, 0.1) is 0 Å². The van der Waals surface area contributed by atoms with Crippen LogP contribution in [0.1, 0.15) is 45.4 Å². The van der Waals surface area contributed by atoms with Crippen molar-refractivity contribution in [2.24, 2.45) is 4.99 Å². The topological polar surface area (TPSA) is 42.9 Å². The van der Waals surface area contributed by atoms with Gasteiger partial charge in [0.2, 0.25) is 0 Å². The molecule has 1 unspecified atom stereocenters. The molecule has 5 nitrogen and oxygen atoms in total. The van der Waals surface area contributed by atoms with Gasteiger partial charge in [-0.25, -0.2) is 0 Å². The maximum absolute atomic E-state index is 12.3. The third-order valence-corrected chi connectivity index (χ3v) is 5.16. The summed E-state index contributed by atoms with van der Waals surface area (Å²) in [5, 5.41) is 6.75. The first-order valence-electron chi connectivity index (χ1n) is 9.91. The number of halogens is 3. The van der Waals surface area contributed by atoms with Crippen molar-refractivity contribution in [3.8, 4) is 0 Å². The van der Waals surface area contributed by atoms with Gasteiger partial charge in [-0.05, 0) is 46.2 Å². The Labute approximate surface area is 155 Å². The van der Waals surface area contributed by atoms with Crippen molar-refractivity contribution >= 4 is 5.96 Å². The summed E-state index contributed by atoms with van der Waals surface area (Å²) in [6.45, 7) is 5.05. The number of guanidine groups is 1. The lowest BCUT2D eigenvalue weighted by molar-refractivity contribution is -0.143. The van der Waals surface area contributed by atoms with E-state index in [1.165, 1.54) is 37.6 Å². The fourth-order valence-corrected chi connectivity index (χ4v) is 3.94. The molecule has 1 saturated carbocycles. The normalized spacial score (nSPS) is 23.2. The van der Waals surface area contributed by atoms with Gasteiger partial charge >= 0.3 is 6.18 Å². The lowest BCUT2D eigenvalue weighted by atomic mass is 10.2. The number of alkyl halides is 3. The lowest BCUT2D eigenvalue weighted by Gasteiger charge is -2.24. The Morgan fingerprint density at radius 2 is 1.96 bits per heavy atom. The van der Waals surface area contributed by atoms with Crippen molar-refractivity contribution < 1.29 is 13.2 Å². The Balaban J connectivity index is 1.71. The molecule has 1 aliphatic heterocycles. The van der Waals surface area contributed by atoms with Gasteiger partial charge in [0.05, 0.1) is 6.54 Å². The Hall–Kier alpha value is -1.02. The van der Waals surface area contributed by atoms with E-state index in [0.29, 0.717) is 25.6 Å². The van der Waals surface area contributed by atoms with Crippen molar-refractivity contribution in [1.29, 1.82) is 0 Å². The molecule has 1 aliphatic carbocycles. The molecule has 2 aliphatic rings. The molecule has 1 atom stereocenters. The first-order chi connectivity index (χ1) is 12.4. The number of nitrogens with zero attached hydrogens (tertiary/aromatic N) is 3. The molecule has 2 N–H and O–H groups in total. The summed E-state index contributed by atoms with van der Waals surface area (Å²) in [5.41, 5.74) is 0. The zero-order valence-electron chi connectivity index (χ0n) is 16.1. The molecule has 1 saturated heterocycles. The molecular weight excluding hydrogens is 343 g/mol. The highest BCUT2D eigenvalue weighted by Crippen LogP contribution is 2.26. The maximum atomic E-state index is 12.3. The Bertz CT molecular complexity index is 435. The van der Waals surface area contributed by atoms with Gasteiger partial charge in [-0.2, -0.15) is 13.2 Å². The van der Waals surface area contributed by atoms with Crippen LogP contribution in [0.5, 0.6) is 0 Å². The Morgan fingerprint density at radius 3 is 2.62 bits per heavy atom. The van der Waals surface area contributed by atoms with E-state index < -0.39 is 12.7 Å². The van der Waals surface area contributed by atoms with Crippen LogP contribution < -0.4 is 10.6 Å². The second-order valence-electron chi connectivity index (χ2n) is 7.53. The predicted octanol–water partition coefficient (Wildman–Crippen LogP) is 2.44. The number of nitrogens with one attached hydrogen (secondary N) is 2. The van der Waals surface area contributed by atoms with E-state index in [9.17, 15) is 13.2 Å². The zero-order valence-corrected chi connectivity index (χ0v) is 16.1. The monoisotopic (exact) mass is 377 g/mol. The molecule has 0 bridgehead atoms. The van der Waals surface area contributed by atoms with Crippen molar-refractivity contribution in [2.45, 2.75) is 63.7 Å². The second kappa shape index (κ2) is 10.3. The molecule has 1 heterocycles. The molecule has 2 fully saturated rings. The van der Waals surface area contributed by atoms with Crippen molar-refractivity contribution in [3.63, 3.8) is 0 Å². The summed E-state index contributed by atoms with van der Waals surface area (Å²) in [5.74, 6) is 0.782. The minimum Gasteiger partial charge on any atom is -0.357 e. The van der Waals surface area contributed by atoms with E-state index in [-0.39, 0.29) is 0 Å². The smallest absolute Gasteiger partial charge is 0.357 e. The van der Waals surface area contributed by atoms with Gasteiger partial charge in [0.15, 0.2) is 5.96 Å². The first kappa shape index (κ1) is 21.3. The van der Waals surface area contributed by atoms with Crippen LogP contribution in [0.2, 0.25) is 0 Å². The van der Waals surface area contributed by atoms with Crippen LogP contribution in [0.4, 0.5) is 13.2 Å². The van der Waals surface area contributed by atoms with Crippen LogP contribution in [-0.4, -0.2) is 80.3 Å². The van der Waals surface area contributed by atoms with Crippen molar-refractivity contribution in [1.82, 2.24) is 20.4 Å².